The topological polar surface area (TPSA) is 7.76 Å². The van der Waals surface area contributed by atoms with Gasteiger partial charge in [-0.25, -0.2) is 0 Å². The van der Waals surface area contributed by atoms with Gasteiger partial charge in [-0.2, -0.15) is 9.13 Å². The van der Waals surface area contributed by atoms with Crippen LogP contribution in [-0.4, -0.2) is 0 Å². The van der Waals surface area contributed by atoms with Crippen LogP contribution in [0.25, 0.3) is 21.8 Å². The smallest absolute Gasteiger partial charge is 0.212 e. The standard InChI is InChI=1S/C28H34N2.BrH/c1(3-5-11-21-29-23-13-17-25-15-7-9-19-27(25)29)2-4-6-12-22-30-24-14-18-26-16-8-10-20-28(26)30;/h7-10,13-20,23-24H,1-6,11-12,21-22H2;1H/q+2;/p-1. The van der Waals surface area contributed by atoms with Crippen LogP contribution in [0, 0.1) is 0 Å². The van der Waals surface area contributed by atoms with Crippen LogP contribution in [0.4, 0.5) is 0 Å². The van der Waals surface area contributed by atoms with Crippen molar-refractivity contribution in [1.82, 2.24) is 0 Å². The monoisotopic (exact) mass is 477 g/mol. The van der Waals surface area contributed by atoms with Gasteiger partial charge < -0.3 is 17.0 Å². The Hall–Kier alpha value is -2.26. The molecule has 0 amide bonds. The average molecular weight is 478 g/mol. The van der Waals surface area contributed by atoms with Crippen LogP contribution in [0.2, 0.25) is 0 Å². The van der Waals surface area contributed by atoms with Gasteiger partial charge in [-0.15, -0.1) is 0 Å². The summed E-state index contributed by atoms with van der Waals surface area (Å²) in [6.07, 6.45) is 15.1. The van der Waals surface area contributed by atoms with Crippen LogP contribution in [0.1, 0.15) is 51.4 Å². The quantitative estimate of drug-likeness (QED) is 0.231. The summed E-state index contributed by atoms with van der Waals surface area (Å²) in [6, 6.07) is 26.1. The molecule has 2 nitrogen and oxygen atoms in total. The Morgan fingerprint density at radius 1 is 0.419 bits per heavy atom. The number of benzene rings is 2. The molecular formula is C28H34BrN2+. The molecule has 0 N–H and O–H groups in total. The van der Waals surface area contributed by atoms with Crippen molar-refractivity contribution in [1.29, 1.82) is 0 Å². The zero-order chi connectivity index (χ0) is 20.4. The van der Waals surface area contributed by atoms with E-state index in [0.717, 1.165) is 13.1 Å². The second-order valence-electron chi connectivity index (χ2n) is 8.35. The summed E-state index contributed by atoms with van der Waals surface area (Å²) >= 11 is 0. The first-order chi connectivity index (χ1) is 14.9. The minimum Gasteiger partial charge on any atom is -1.00 e. The SMILES string of the molecule is [Br-].c1ccc2c(c1)ccc[n+]2CCCCCCCCCC[n+]1cccc2ccccc21. The van der Waals surface area contributed by atoms with E-state index in [1.807, 2.05) is 0 Å². The molecule has 4 rings (SSSR count). The first-order valence-corrected chi connectivity index (χ1v) is 11.7. The fourth-order valence-electron chi connectivity index (χ4n) is 4.46. The van der Waals surface area contributed by atoms with Crippen molar-refractivity contribution < 1.29 is 26.1 Å². The summed E-state index contributed by atoms with van der Waals surface area (Å²) in [6.45, 7) is 2.26. The van der Waals surface area contributed by atoms with E-state index in [1.54, 1.807) is 0 Å². The van der Waals surface area contributed by atoms with E-state index in [-0.39, 0.29) is 17.0 Å². The molecule has 0 atom stereocenters. The fourth-order valence-corrected chi connectivity index (χ4v) is 4.46. The van der Waals surface area contributed by atoms with Gasteiger partial charge in [0.2, 0.25) is 11.0 Å². The molecule has 4 aromatic rings. The predicted octanol–water partition coefficient (Wildman–Crippen LogP) is 3.39. The van der Waals surface area contributed by atoms with Crippen LogP contribution in [0.5, 0.6) is 0 Å². The van der Waals surface area contributed by atoms with Crippen LogP contribution in [-0.2, 0) is 13.1 Å². The Morgan fingerprint density at radius 2 is 0.774 bits per heavy atom. The first-order valence-electron chi connectivity index (χ1n) is 11.7. The number of aryl methyl sites for hydroxylation is 2. The number of hydrogen-bond donors (Lipinski definition) is 0. The van der Waals surface area contributed by atoms with Crippen LogP contribution >= 0.6 is 0 Å². The van der Waals surface area contributed by atoms with E-state index in [1.165, 1.54) is 73.2 Å². The van der Waals surface area contributed by atoms with E-state index in [2.05, 4.69) is 94.3 Å². The molecule has 0 bridgehead atoms. The third-order valence-corrected chi connectivity index (χ3v) is 6.12. The van der Waals surface area contributed by atoms with Gasteiger partial charge in [0.15, 0.2) is 12.4 Å². The lowest BCUT2D eigenvalue weighted by atomic mass is 10.1. The Morgan fingerprint density at radius 3 is 1.23 bits per heavy atom. The first kappa shape index (κ1) is 23.4. The normalized spacial score (nSPS) is 11.0. The number of pyridine rings is 2. The molecule has 31 heavy (non-hydrogen) atoms. The van der Waals surface area contributed by atoms with Crippen LogP contribution in [0.15, 0.2) is 85.2 Å². The van der Waals surface area contributed by atoms with E-state index < -0.39 is 0 Å². The van der Waals surface area contributed by atoms with Gasteiger partial charge in [-0.05, 0) is 37.1 Å². The summed E-state index contributed by atoms with van der Waals surface area (Å²) in [5.41, 5.74) is 2.70. The Balaban J connectivity index is 0.00000272. The van der Waals surface area contributed by atoms with Crippen molar-refractivity contribution in [2.45, 2.75) is 64.5 Å². The summed E-state index contributed by atoms with van der Waals surface area (Å²) in [7, 11) is 0. The minimum atomic E-state index is 0. The summed E-state index contributed by atoms with van der Waals surface area (Å²) in [4.78, 5) is 0. The summed E-state index contributed by atoms with van der Waals surface area (Å²) in [5.74, 6) is 0. The molecule has 2 heterocycles. The highest BCUT2D eigenvalue weighted by molar-refractivity contribution is 5.75. The number of aromatic nitrogens is 2. The third kappa shape index (κ3) is 6.61. The van der Waals surface area contributed by atoms with E-state index in [0.29, 0.717) is 0 Å². The van der Waals surface area contributed by atoms with E-state index in [4.69, 9.17) is 0 Å². The summed E-state index contributed by atoms with van der Waals surface area (Å²) < 4.78 is 4.81. The maximum Gasteiger partial charge on any atom is 0.212 e. The molecular weight excluding hydrogens is 444 g/mol. The molecule has 0 aliphatic heterocycles. The number of fused-ring (bicyclic) bond motifs is 2. The number of unbranched alkanes of at least 4 members (excludes halogenated alkanes) is 7. The molecule has 2 aromatic heterocycles. The highest BCUT2D eigenvalue weighted by Gasteiger charge is 2.08. The second-order valence-corrected chi connectivity index (χ2v) is 8.35. The van der Waals surface area contributed by atoms with Crippen LogP contribution in [0.3, 0.4) is 0 Å². The van der Waals surface area contributed by atoms with Crippen molar-refractivity contribution in [3.05, 3.63) is 85.2 Å². The molecule has 0 spiro atoms. The van der Waals surface area contributed by atoms with Gasteiger partial charge >= 0.3 is 0 Å². The maximum atomic E-state index is 2.40. The molecule has 3 heteroatoms. The number of para-hydroxylation sites is 2. The van der Waals surface area contributed by atoms with Crippen LogP contribution < -0.4 is 26.1 Å². The lowest BCUT2D eigenvalue weighted by Crippen LogP contribution is -3.00. The molecule has 0 aliphatic carbocycles. The van der Waals surface area contributed by atoms with Gasteiger partial charge in [0.05, 0.1) is 0 Å². The van der Waals surface area contributed by atoms with Gasteiger partial charge in [-0.3, -0.25) is 0 Å². The molecule has 0 unspecified atom stereocenters. The molecule has 2 aromatic carbocycles. The fraction of sp³-hybridized carbons (Fsp3) is 0.357. The lowest BCUT2D eigenvalue weighted by Gasteiger charge is -2.03. The van der Waals surface area contributed by atoms with Gasteiger partial charge in [0, 0.05) is 47.9 Å². The number of nitrogens with zero attached hydrogens (tertiary/aromatic N) is 2. The molecule has 0 saturated carbocycles. The zero-order valence-corrected chi connectivity index (χ0v) is 20.0. The average Bonchev–Trinajstić information content (AvgIpc) is 2.80. The minimum absolute atomic E-state index is 0. The van der Waals surface area contributed by atoms with Crippen molar-refractivity contribution in [3.8, 4) is 0 Å². The second kappa shape index (κ2) is 12.6. The zero-order valence-electron chi connectivity index (χ0n) is 18.4. The molecule has 0 fully saturated rings. The lowest BCUT2D eigenvalue weighted by molar-refractivity contribution is -0.672. The van der Waals surface area contributed by atoms with Crippen molar-refractivity contribution in [3.63, 3.8) is 0 Å². The van der Waals surface area contributed by atoms with Crippen molar-refractivity contribution in [2.24, 2.45) is 0 Å². The highest BCUT2D eigenvalue weighted by atomic mass is 79.9. The molecule has 0 saturated heterocycles. The Bertz CT molecular complexity index is 979. The Labute approximate surface area is 197 Å². The van der Waals surface area contributed by atoms with E-state index >= 15 is 0 Å². The van der Waals surface area contributed by atoms with Crippen molar-refractivity contribution in [2.75, 3.05) is 0 Å². The molecule has 0 radical (unpaired) electrons. The number of hydrogen-bond acceptors (Lipinski definition) is 0. The molecule has 0 aliphatic rings. The third-order valence-electron chi connectivity index (χ3n) is 6.12. The number of halogens is 1. The van der Waals surface area contributed by atoms with Gasteiger partial charge in [-0.1, -0.05) is 49.9 Å². The number of rotatable bonds is 11. The largest absolute Gasteiger partial charge is 1.00 e. The van der Waals surface area contributed by atoms with Crippen molar-refractivity contribution >= 4 is 21.8 Å². The highest BCUT2D eigenvalue weighted by Crippen LogP contribution is 2.12. The van der Waals surface area contributed by atoms with E-state index in [9.17, 15) is 0 Å². The summed E-state index contributed by atoms with van der Waals surface area (Å²) in [5, 5.41) is 2.67. The Kier molecular flexibility index (Phi) is 9.48. The maximum absolute atomic E-state index is 2.40. The predicted molar refractivity (Wildman–Crippen MR) is 125 cm³/mol. The molecule has 162 valence electrons. The van der Waals surface area contributed by atoms with Gasteiger partial charge in [0.1, 0.15) is 13.1 Å². The van der Waals surface area contributed by atoms with Gasteiger partial charge in [0.25, 0.3) is 0 Å².